The van der Waals surface area contributed by atoms with Crippen LogP contribution in [0.15, 0.2) is 24.3 Å². The Bertz CT molecular complexity index is 431. The zero-order valence-electron chi connectivity index (χ0n) is 10.4. The topological polar surface area (TPSA) is 58.6 Å². The molecule has 1 aromatic rings. The molecule has 0 aliphatic rings. The van der Waals surface area contributed by atoms with Gasteiger partial charge in [-0.05, 0) is 31.5 Å². The first-order chi connectivity index (χ1) is 8.69. The molecule has 0 heterocycles. The summed E-state index contributed by atoms with van der Waals surface area (Å²) in [6, 6.07) is 4.23. The van der Waals surface area contributed by atoms with E-state index in [1.807, 2.05) is 0 Å². The molecule has 1 aromatic carbocycles. The van der Waals surface area contributed by atoms with E-state index in [2.05, 4.69) is 10.1 Å². The molecule has 0 aromatic heterocycles. The number of ether oxygens (including phenoxy) is 1. The highest BCUT2D eigenvalue weighted by Gasteiger charge is 2.31. The van der Waals surface area contributed by atoms with Crippen molar-refractivity contribution >= 4 is 5.97 Å². The van der Waals surface area contributed by atoms with Gasteiger partial charge in [-0.25, -0.2) is 0 Å². The van der Waals surface area contributed by atoms with Crippen LogP contribution in [0.2, 0.25) is 0 Å². The van der Waals surface area contributed by atoms with Crippen LogP contribution < -0.4 is 10.1 Å². The lowest BCUT2D eigenvalue weighted by molar-refractivity contribution is -0.274. The highest BCUT2D eigenvalue weighted by Crippen LogP contribution is 2.24. The first-order valence-corrected chi connectivity index (χ1v) is 5.53. The number of hydrogen-bond acceptors (Lipinski definition) is 3. The van der Waals surface area contributed by atoms with Crippen LogP contribution in [0.3, 0.4) is 0 Å². The first-order valence-electron chi connectivity index (χ1n) is 5.53. The van der Waals surface area contributed by atoms with Crippen molar-refractivity contribution in [2.75, 3.05) is 0 Å². The molecule has 2 N–H and O–H groups in total. The van der Waals surface area contributed by atoms with Crippen LogP contribution >= 0.6 is 0 Å². The maximum atomic E-state index is 12.0. The highest BCUT2D eigenvalue weighted by molar-refractivity contribution is 5.72. The smallest absolute Gasteiger partial charge is 0.480 e. The molecule has 0 saturated carbocycles. The average molecular weight is 277 g/mol. The lowest BCUT2D eigenvalue weighted by Crippen LogP contribution is -2.35. The molecule has 2 atom stereocenters. The van der Waals surface area contributed by atoms with Gasteiger partial charge in [0.15, 0.2) is 0 Å². The molecule has 2 unspecified atom stereocenters. The van der Waals surface area contributed by atoms with Gasteiger partial charge in [0.1, 0.15) is 11.8 Å². The molecule has 106 valence electrons. The molecular weight excluding hydrogens is 263 g/mol. The van der Waals surface area contributed by atoms with Crippen LogP contribution in [-0.2, 0) is 4.79 Å². The third-order valence-corrected chi connectivity index (χ3v) is 2.48. The van der Waals surface area contributed by atoms with Gasteiger partial charge in [-0.1, -0.05) is 12.1 Å². The number of rotatable bonds is 5. The maximum Gasteiger partial charge on any atom is 0.573 e. The third-order valence-electron chi connectivity index (χ3n) is 2.48. The number of aliphatic carboxylic acids is 1. The van der Waals surface area contributed by atoms with Gasteiger partial charge in [-0.15, -0.1) is 13.2 Å². The van der Waals surface area contributed by atoms with E-state index in [4.69, 9.17) is 5.11 Å². The summed E-state index contributed by atoms with van der Waals surface area (Å²) in [4.78, 5) is 10.7. The maximum absolute atomic E-state index is 12.0. The van der Waals surface area contributed by atoms with Crippen molar-refractivity contribution in [1.29, 1.82) is 0 Å². The Labute approximate surface area is 108 Å². The fourth-order valence-corrected chi connectivity index (χ4v) is 1.50. The second-order valence-electron chi connectivity index (χ2n) is 4.07. The van der Waals surface area contributed by atoms with Crippen molar-refractivity contribution in [2.45, 2.75) is 32.3 Å². The lowest BCUT2D eigenvalue weighted by atomic mass is 10.1. The van der Waals surface area contributed by atoms with Crippen LogP contribution in [0.1, 0.15) is 25.5 Å². The van der Waals surface area contributed by atoms with E-state index in [1.54, 1.807) is 6.92 Å². The molecule has 0 amide bonds. The molecule has 0 aliphatic carbocycles. The number of carbonyl (C=O) groups is 1. The Hall–Kier alpha value is -1.76. The van der Waals surface area contributed by atoms with E-state index in [1.165, 1.54) is 31.2 Å². The van der Waals surface area contributed by atoms with Gasteiger partial charge in [0.2, 0.25) is 0 Å². The minimum Gasteiger partial charge on any atom is -0.480 e. The van der Waals surface area contributed by atoms with E-state index in [9.17, 15) is 18.0 Å². The van der Waals surface area contributed by atoms with Gasteiger partial charge in [-0.2, -0.15) is 0 Å². The van der Waals surface area contributed by atoms with Gasteiger partial charge in [-0.3, -0.25) is 10.1 Å². The minimum absolute atomic E-state index is 0.300. The van der Waals surface area contributed by atoms with Gasteiger partial charge >= 0.3 is 12.3 Å². The largest absolute Gasteiger partial charge is 0.573 e. The number of benzene rings is 1. The van der Waals surface area contributed by atoms with Gasteiger partial charge in [0, 0.05) is 6.04 Å². The van der Waals surface area contributed by atoms with E-state index in [0.717, 1.165) is 0 Å². The van der Waals surface area contributed by atoms with Crippen molar-refractivity contribution in [3.63, 3.8) is 0 Å². The Morgan fingerprint density at radius 1 is 1.26 bits per heavy atom. The van der Waals surface area contributed by atoms with Crippen molar-refractivity contribution in [2.24, 2.45) is 0 Å². The third kappa shape index (κ3) is 5.17. The number of carboxylic acids is 1. The summed E-state index contributed by atoms with van der Waals surface area (Å²) in [6.07, 6.45) is -4.72. The molecule has 19 heavy (non-hydrogen) atoms. The Kier molecular flexibility index (Phi) is 4.77. The summed E-state index contributed by atoms with van der Waals surface area (Å²) in [5.41, 5.74) is 0.669. The quantitative estimate of drug-likeness (QED) is 0.868. The molecule has 0 fully saturated rings. The summed E-state index contributed by atoms with van der Waals surface area (Å²) < 4.78 is 39.6. The van der Waals surface area contributed by atoms with E-state index < -0.39 is 18.4 Å². The normalized spacial score (nSPS) is 14.8. The van der Waals surface area contributed by atoms with Crippen LogP contribution in [0.4, 0.5) is 13.2 Å². The fourth-order valence-electron chi connectivity index (χ4n) is 1.50. The van der Waals surface area contributed by atoms with Crippen molar-refractivity contribution < 1.29 is 27.8 Å². The number of hydrogen-bond donors (Lipinski definition) is 2. The second kappa shape index (κ2) is 5.92. The standard InChI is InChI=1S/C12H14F3NO3/c1-7(16-8(2)11(17)18)9-3-5-10(6-4-9)19-12(13,14)15/h3-8,16H,1-2H3,(H,17,18). The summed E-state index contributed by atoms with van der Waals surface area (Å²) >= 11 is 0. The van der Waals surface area contributed by atoms with Crippen LogP contribution in [-0.4, -0.2) is 23.5 Å². The molecule has 0 radical (unpaired) electrons. The Morgan fingerprint density at radius 2 is 1.79 bits per heavy atom. The summed E-state index contributed by atoms with van der Waals surface area (Å²) in [5, 5.41) is 11.5. The number of halogens is 3. The van der Waals surface area contributed by atoms with E-state index in [-0.39, 0.29) is 11.8 Å². The Balaban J connectivity index is 2.68. The monoisotopic (exact) mass is 277 g/mol. The summed E-state index contributed by atoms with van der Waals surface area (Å²) in [6.45, 7) is 3.21. The summed E-state index contributed by atoms with van der Waals surface area (Å²) in [7, 11) is 0. The van der Waals surface area contributed by atoms with Gasteiger partial charge < -0.3 is 9.84 Å². The van der Waals surface area contributed by atoms with Gasteiger partial charge in [0.25, 0.3) is 0 Å². The zero-order chi connectivity index (χ0) is 14.6. The van der Waals surface area contributed by atoms with E-state index >= 15 is 0 Å². The minimum atomic E-state index is -4.72. The van der Waals surface area contributed by atoms with Crippen LogP contribution in [0.25, 0.3) is 0 Å². The SMILES string of the molecule is CC(NC(C)c1ccc(OC(F)(F)F)cc1)C(=O)O. The lowest BCUT2D eigenvalue weighted by Gasteiger charge is -2.18. The predicted octanol–water partition coefficient (Wildman–Crippen LogP) is 2.71. The second-order valence-corrected chi connectivity index (χ2v) is 4.07. The molecule has 0 saturated heterocycles. The van der Waals surface area contributed by atoms with E-state index in [0.29, 0.717) is 5.56 Å². The molecular formula is C12H14F3NO3. The molecule has 0 spiro atoms. The van der Waals surface area contributed by atoms with Crippen molar-refractivity contribution in [1.82, 2.24) is 5.32 Å². The number of alkyl halides is 3. The number of carboxylic acid groups (broad SMARTS) is 1. The van der Waals surface area contributed by atoms with Crippen molar-refractivity contribution in [3.8, 4) is 5.75 Å². The fraction of sp³-hybridized carbons (Fsp3) is 0.417. The number of nitrogens with one attached hydrogen (secondary N) is 1. The Morgan fingerprint density at radius 3 is 2.21 bits per heavy atom. The first kappa shape index (κ1) is 15.3. The zero-order valence-corrected chi connectivity index (χ0v) is 10.4. The van der Waals surface area contributed by atoms with Gasteiger partial charge in [0.05, 0.1) is 0 Å². The molecule has 1 rings (SSSR count). The molecule has 0 aliphatic heterocycles. The highest BCUT2D eigenvalue weighted by atomic mass is 19.4. The van der Waals surface area contributed by atoms with Crippen LogP contribution in [0.5, 0.6) is 5.75 Å². The van der Waals surface area contributed by atoms with Crippen molar-refractivity contribution in [3.05, 3.63) is 29.8 Å². The van der Waals surface area contributed by atoms with Crippen LogP contribution in [0, 0.1) is 0 Å². The average Bonchev–Trinajstić information content (AvgIpc) is 2.27. The molecule has 0 bridgehead atoms. The predicted molar refractivity (Wildman–Crippen MR) is 61.8 cm³/mol. The molecule has 4 nitrogen and oxygen atoms in total. The molecule has 7 heteroatoms. The summed E-state index contributed by atoms with van der Waals surface area (Å²) in [5.74, 6) is -1.31.